The van der Waals surface area contributed by atoms with Gasteiger partial charge in [0.25, 0.3) is 0 Å². The van der Waals surface area contributed by atoms with Gasteiger partial charge in [0, 0.05) is 25.2 Å². The van der Waals surface area contributed by atoms with Crippen LogP contribution in [0.2, 0.25) is 0 Å². The molecule has 0 radical (unpaired) electrons. The van der Waals surface area contributed by atoms with Gasteiger partial charge in [-0.3, -0.25) is 0 Å². The molecule has 0 aliphatic rings. The maximum Gasteiger partial charge on any atom is 0.0894 e. The fraction of sp³-hybridized carbons (Fsp3) is 1.00. The fourth-order valence-corrected chi connectivity index (χ4v) is 4.69. The lowest BCUT2D eigenvalue weighted by molar-refractivity contribution is -0.867. The second-order valence-electron chi connectivity index (χ2n) is 9.62. The maximum absolute atomic E-state index is 5.85. The third-order valence-electron chi connectivity index (χ3n) is 5.49. The minimum Gasteiger partial charge on any atom is -0.379 e. The Balaban J connectivity index is 3.27. The maximum atomic E-state index is 5.85. The summed E-state index contributed by atoms with van der Waals surface area (Å²) in [6.45, 7) is 5.12. The second-order valence-corrected chi connectivity index (χ2v) is 10.8. The van der Waals surface area contributed by atoms with E-state index in [1.165, 1.54) is 102 Å². The average molecular weight is 433 g/mol. The largest absolute Gasteiger partial charge is 0.379 e. The molecule has 176 valence electrons. The molecule has 0 rings (SSSR count). The minimum absolute atomic E-state index is 0.235. The molecular weight excluding hydrogens is 378 g/mol. The molecule has 0 saturated carbocycles. The number of unbranched alkanes of at least 4 members (excludes halogenated alkanes) is 13. The molecule has 0 heterocycles. The quantitative estimate of drug-likeness (QED) is 0.129. The summed E-state index contributed by atoms with van der Waals surface area (Å²) in [6.07, 6.45) is 19.9. The Morgan fingerprint density at radius 1 is 0.724 bits per heavy atom. The van der Waals surface area contributed by atoms with Gasteiger partial charge in [-0.05, 0) is 6.42 Å². The molecule has 0 amide bonds. The standard InChI is InChI=1S/C25H54NO2S/c1-6-7-8-9-10-11-12-13-14-15-16-17-18-19-21-28-23-25(27-5)24-29-22-20-26(2,3)4/h25H,6-24H2,1-5H3/q+1. The van der Waals surface area contributed by atoms with Crippen LogP contribution in [0.15, 0.2) is 0 Å². The first kappa shape index (κ1) is 29.2. The molecule has 0 spiro atoms. The van der Waals surface area contributed by atoms with Crippen LogP contribution in [0, 0.1) is 0 Å². The molecule has 3 nitrogen and oxygen atoms in total. The van der Waals surface area contributed by atoms with E-state index in [0.717, 1.165) is 23.4 Å². The normalized spacial score (nSPS) is 13.1. The molecule has 0 aromatic rings. The van der Waals surface area contributed by atoms with Gasteiger partial charge < -0.3 is 14.0 Å². The van der Waals surface area contributed by atoms with E-state index in [-0.39, 0.29) is 6.10 Å². The van der Waals surface area contributed by atoms with Gasteiger partial charge in [-0.25, -0.2) is 0 Å². The Morgan fingerprint density at radius 2 is 1.21 bits per heavy atom. The molecule has 4 heteroatoms. The summed E-state index contributed by atoms with van der Waals surface area (Å²) in [5.74, 6) is 2.22. The van der Waals surface area contributed by atoms with Crippen LogP contribution >= 0.6 is 11.8 Å². The van der Waals surface area contributed by atoms with Crippen molar-refractivity contribution in [2.24, 2.45) is 0 Å². The summed E-state index contributed by atoms with van der Waals surface area (Å²) in [4.78, 5) is 0. The molecule has 1 unspecified atom stereocenters. The molecule has 0 bridgehead atoms. The highest BCUT2D eigenvalue weighted by molar-refractivity contribution is 7.99. The van der Waals surface area contributed by atoms with Crippen molar-refractivity contribution in [1.29, 1.82) is 0 Å². The molecule has 0 saturated heterocycles. The topological polar surface area (TPSA) is 18.5 Å². The van der Waals surface area contributed by atoms with Crippen molar-refractivity contribution < 1.29 is 14.0 Å². The molecule has 0 aliphatic heterocycles. The van der Waals surface area contributed by atoms with Gasteiger partial charge in [-0.15, -0.1) is 0 Å². The van der Waals surface area contributed by atoms with E-state index >= 15 is 0 Å². The Morgan fingerprint density at radius 3 is 1.66 bits per heavy atom. The van der Waals surface area contributed by atoms with Crippen LogP contribution in [0.4, 0.5) is 0 Å². The van der Waals surface area contributed by atoms with Crippen molar-refractivity contribution in [3.8, 4) is 0 Å². The van der Waals surface area contributed by atoms with Crippen LogP contribution in [0.25, 0.3) is 0 Å². The fourth-order valence-electron chi connectivity index (χ4n) is 3.35. The molecule has 0 aliphatic carbocycles. The Hall–Kier alpha value is 0.230. The lowest BCUT2D eigenvalue weighted by Crippen LogP contribution is -2.36. The zero-order chi connectivity index (χ0) is 21.6. The van der Waals surface area contributed by atoms with Gasteiger partial charge in [0.05, 0.1) is 40.4 Å². The number of hydrogen-bond donors (Lipinski definition) is 0. The molecule has 29 heavy (non-hydrogen) atoms. The summed E-state index contributed by atoms with van der Waals surface area (Å²) in [5, 5.41) is 0. The smallest absolute Gasteiger partial charge is 0.0894 e. The van der Waals surface area contributed by atoms with E-state index in [0.29, 0.717) is 0 Å². The first-order chi connectivity index (χ1) is 14.0. The SMILES string of the molecule is CCCCCCCCCCCCCCCCOCC(CSCC[N+](C)(C)C)OC. The highest BCUT2D eigenvalue weighted by Gasteiger charge is 2.10. The number of hydrogen-bond acceptors (Lipinski definition) is 3. The van der Waals surface area contributed by atoms with E-state index in [1.807, 2.05) is 11.8 Å². The second kappa shape index (κ2) is 21.5. The van der Waals surface area contributed by atoms with Crippen LogP contribution in [-0.2, 0) is 9.47 Å². The average Bonchev–Trinajstić information content (AvgIpc) is 2.68. The van der Waals surface area contributed by atoms with Gasteiger partial charge >= 0.3 is 0 Å². The van der Waals surface area contributed by atoms with Crippen molar-refractivity contribution in [3.63, 3.8) is 0 Å². The summed E-state index contributed by atoms with van der Waals surface area (Å²) >= 11 is 1.98. The predicted octanol–water partition coefficient (Wildman–Crippen LogP) is 6.94. The Bertz CT molecular complexity index is 320. The number of thioether (sulfide) groups is 1. The van der Waals surface area contributed by atoms with Gasteiger partial charge in [-0.2, -0.15) is 11.8 Å². The van der Waals surface area contributed by atoms with E-state index < -0.39 is 0 Å². The lowest BCUT2D eigenvalue weighted by atomic mass is 10.0. The van der Waals surface area contributed by atoms with E-state index in [2.05, 4.69) is 28.1 Å². The lowest BCUT2D eigenvalue weighted by Gasteiger charge is -2.24. The first-order valence-electron chi connectivity index (χ1n) is 12.5. The van der Waals surface area contributed by atoms with Crippen LogP contribution in [0.3, 0.4) is 0 Å². The molecule has 0 N–H and O–H groups in total. The van der Waals surface area contributed by atoms with Crippen molar-refractivity contribution in [2.75, 3.05) is 59.5 Å². The minimum atomic E-state index is 0.235. The first-order valence-corrected chi connectivity index (χ1v) is 13.6. The number of methoxy groups -OCH3 is 1. The van der Waals surface area contributed by atoms with Crippen molar-refractivity contribution >= 4 is 11.8 Å². The molecule has 0 aromatic carbocycles. The van der Waals surface area contributed by atoms with Gasteiger partial charge in [0.1, 0.15) is 0 Å². The van der Waals surface area contributed by atoms with E-state index in [1.54, 1.807) is 7.11 Å². The van der Waals surface area contributed by atoms with Crippen LogP contribution < -0.4 is 0 Å². The van der Waals surface area contributed by atoms with Crippen LogP contribution in [0.5, 0.6) is 0 Å². The highest BCUT2D eigenvalue weighted by atomic mass is 32.2. The monoisotopic (exact) mass is 432 g/mol. The van der Waals surface area contributed by atoms with Crippen LogP contribution in [0.1, 0.15) is 96.8 Å². The van der Waals surface area contributed by atoms with Crippen molar-refractivity contribution in [1.82, 2.24) is 0 Å². The Labute approximate surface area is 188 Å². The zero-order valence-corrected chi connectivity index (χ0v) is 21.5. The molecule has 0 aromatic heterocycles. The van der Waals surface area contributed by atoms with Crippen molar-refractivity contribution in [2.45, 2.75) is 103 Å². The number of ether oxygens (including phenoxy) is 2. The number of quaternary nitrogens is 1. The van der Waals surface area contributed by atoms with Crippen molar-refractivity contribution in [3.05, 3.63) is 0 Å². The summed E-state index contributed by atoms with van der Waals surface area (Å²) in [7, 11) is 8.54. The third-order valence-corrected chi connectivity index (χ3v) is 6.57. The van der Waals surface area contributed by atoms with Gasteiger partial charge in [0.2, 0.25) is 0 Å². The molecule has 0 fully saturated rings. The third kappa shape index (κ3) is 24.4. The predicted molar refractivity (Wildman–Crippen MR) is 132 cm³/mol. The molecular formula is C25H54NO2S+. The zero-order valence-electron chi connectivity index (χ0n) is 20.7. The van der Waals surface area contributed by atoms with Gasteiger partial charge in [-0.1, -0.05) is 90.4 Å². The summed E-state index contributed by atoms with van der Waals surface area (Å²) < 4.78 is 12.4. The highest BCUT2D eigenvalue weighted by Crippen LogP contribution is 2.13. The summed E-state index contributed by atoms with van der Waals surface area (Å²) in [5.41, 5.74) is 0. The van der Waals surface area contributed by atoms with E-state index in [9.17, 15) is 0 Å². The van der Waals surface area contributed by atoms with E-state index in [4.69, 9.17) is 9.47 Å². The number of nitrogens with zero attached hydrogens (tertiary/aromatic N) is 1. The Kier molecular flexibility index (Phi) is 21.6. The van der Waals surface area contributed by atoms with Crippen LogP contribution in [-0.4, -0.2) is 70.1 Å². The molecule has 1 atom stereocenters. The number of rotatable bonds is 23. The van der Waals surface area contributed by atoms with Gasteiger partial charge in [0.15, 0.2) is 0 Å². The summed E-state index contributed by atoms with van der Waals surface area (Å²) in [6, 6.07) is 0.